The summed E-state index contributed by atoms with van der Waals surface area (Å²) in [5.74, 6) is 1.01. The summed E-state index contributed by atoms with van der Waals surface area (Å²) < 4.78 is 5.18. The molecule has 26 heavy (non-hydrogen) atoms. The quantitative estimate of drug-likeness (QED) is 0.641. The SMILES string of the molecule is C=C/C=C(C)\C=C/CC1(C(=O)NCc2ccc(OC)cc2)CCCCC1. The highest BCUT2D eigenvalue weighted by Crippen LogP contribution is 2.40. The predicted molar refractivity (Wildman–Crippen MR) is 108 cm³/mol. The van der Waals surface area contributed by atoms with Crippen molar-refractivity contribution in [2.75, 3.05) is 7.11 Å². The van der Waals surface area contributed by atoms with Crippen LogP contribution in [0.5, 0.6) is 5.75 Å². The van der Waals surface area contributed by atoms with E-state index in [0.717, 1.165) is 49.0 Å². The summed E-state index contributed by atoms with van der Waals surface area (Å²) in [5.41, 5.74) is 1.98. The molecule has 0 unspecified atom stereocenters. The van der Waals surface area contributed by atoms with Crippen LogP contribution in [0.1, 0.15) is 51.0 Å². The first-order valence-electron chi connectivity index (χ1n) is 9.47. The van der Waals surface area contributed by atoms with Crippen LogP contribution >= 0.6 is 0 Å². The zero-order valence-electron chi connectivity index (χ0n) is 16.1. The van der Waals surface area contributed by atoms with E-state index in [1.54, 1.807) is 13.2 Å². The fourth-order valence-corrected chi connectivity index (χ4v) is 3.58. The van der Waals surface area contributed by atoms with Gasteiger partial charge in [-0.15, -0.1) is 0 Å². The highest BCUT2D eigenvalue weighted by Gasteiger charge is 2.38. The van der Waals surface area contributed by atoms with Crippen LogP contribution in [0.25, 0.3) is 0 Å². The van der Waals surface area contributed by atoms with Crippen molar-refractivity contribution in [3.8, 4) is 5.75 Å². The van der Waals surface area contributed by atoms with Crippen LogP contribution in [-0.2, 0) is 11.3 Å². The van der Waals surface area contributed by atoms with Crippen LogP contribution in [0, 0.1) is 5.41 Å². The molecule has 3 heteroatoms. The molecule has 2 rings (SSSR count). The Balaban J connectivity index is 2.01. The van der Waals surface area contributed by atoms with E-state index in [-0.39, 0.29) is 11.3 Å². The van der Waals surface area contributed by atoms with Crippen molar-refractivity contribution in [1.29, 1.82) is 0 Å². The van der Waals surface area contributed by atoms with Crippen LogP contribution in [0.15, 0.2) is 60.7 Å². The highest BCUT2D eigenvalue weighted by molar-refractivity contribution is 5.83. The van der Waals surface area contributed by atoms with Crippen molar-refractivity contribution in [2.24, 2.45) is 5.41 Å². The van der Waals surface area contributed by atoms with Gasteiger partial charge in [0, 0.05) is 6.54 Å². The van der Waals surface area contributed by atoms with Crippen molar-refractivity contribution < 1.29 is 9.53 Å². The van der Waals surface area contributed by atoms with Crippen LogP contribution in [0.3, 0.4) is 0 Å². The summed E-state index contributed by atoms with van der Waals surface area (Å²) in [6.45, 7) is 6.33. The monoisotopic (exact) mass is 353 g/mol. The third-order valence-electron chi connectivity index (χ3n) is 5.17. The van der Waals surface area contributed by atoms with Crippen LogP contribution < -0.4 is 10.1 Å². The van der Waals surface area contributed by atoms with Crippen molar-refractivity contribution in [3.63, 3.8) is 0 Å². The number of nitrogens with one attached hydrogen (secondary N) is 1. The third kappa shape index (κ3) is 5.62. The van der Waals surface area contributed by atoms with Gasteiger partial charge in [0.05, 0.1) is 12.5 Å². The molecule has 1 aliphatic rings. The van der Waals surface area contributed by atoms with Gasteiger partial charge < -0.3 is 10.1 Å². The molecule has 1 saturated carbocycles. The first kappa shape index (κ1) is 20.0. The van der Waals surface area contributed by atoms with Crippen molar-refractivity contribution >= 4 is 5.91 Å². The van der Waals surface area contributed by atoms with Gasteiger partial charge in [0.1, 0.15) is 5.75 Å². The number of rotatable bonds is 8. The fourth-order valence-electron chi connectivity index (χ4n) is 3.58. The number of allylic oxidation sites excluding steroid dienone is 5. The summed E-state index contributed by atoms with van der Waals surface area (Å²) in [6.07, 6.45) is 14.2. The zero-order chi connectivity index (χ0) is 18.8. The number of ether oxygens (including phenoxy) is 1. The van der Waals surface area contributed by atoms with Gasteiger partial charge in [-0.2, -0.15) is 0 Å². The Morgan fingerprint density at radius 1 is 1.23 bits per heavy atom. The van der Waals surface area contributed by atoms with Crippen molar-refractivity contribution in [1.82, 2.24) is 5.32 Å². The number of carbonyl (C=O) groups is 1. The van der Waals surface area contributed by atoms with Gasteiger partial charge in [-0.05, 0) is 43.9 Å². The molecule has 1 N–H and O–H groups in total. The van der Waals surface area contributed by atoms with Gasteiger partial charge in [-0.3, -0.25) is 4.79 Å². The summed E-state index contributed by atoms with van der Waals surface area (Å²) in [6, 6.07) is 7.84. The lowest BCUT2D eigenvalue weighted by Gasteiger charge is -2.35. The van der Waals surface area contributed by atoms with Gasteiger partial charge in [-0.25, -0.2) is 0 Å². The highest BCUT2D eigenvalue weighted by atomic mass is 16.5. The molecule has 0 atom stereocenters. The number of hydrogen-bond donors (Lipinski definition) is 1. The minimum Gasteiger partial charge on any atom is -0.497 e. The minimum absolute atomic E-state index is 0.183. The molecule has 1 aliphatic carbocycles. The molecule has 1 aromatic rings. The van der Waals surface area contributed by atoms with E-state index in [2.05, 4.69) is 31.0 Å². The number of carbonyl (C=O) groups excluding carboxylic acids is 1. The second kappa shape index (κ2) is 10.0. The second-order valence-corrected chi connectivity index (χ2v) is 7.12. The minimum atomic E-state index is -0.268. The van der Waals surface area contributed by atoms with E-state index in [0.29, 0.717) is 6.54 Å². The van der Waals surface area contributed by atoms with Gasteiger partial charge in [0.25, 0.3) is 0 Å². The largest absolute Gasteiger partial charge is 0.497 e. The molecule has 0 heterocycles. The van der Waals surface area contributed by atoms with Crippen LogP contribution in [0.2, 0.25) is 0 Å². The number of benzene rings is 1. The summed E-state index contributed by atoms with van der Waals surface area (Å²) in [5, 5.41) is 3.17. The zero-order valence-corrected chi connectivity index (χ0v) is 16.1. The maximum atomic E-state index is 13.0. The van der Waals surface area contributed by atoms with E-state index in [1.165, 1.54) is 6.42 Å². The maximum absolute atomic E-state index is 13.0. The average Bonchev–Trinajstić information content (AvgIpc) is 2.67. The topological polar surface area (TPSA) is 38.3 Å². The molecule has 0 bridgehead atoms. The molecular weight excluding hydrogens is 322 g/mol. The first-order valence-corrected chi connectivity index (χ1v) is 9.47. The molecule has 1 aromatic carbocycles. The number of amides is 1. The Hall–Kier alpha value is -2.29. The van der Waals surface area contributed by atoms with Crippen LogP contribution in [0.4, 0.5) is 0 Å². The molecule has 0 aliphatic heterocycles. The van der Waals surface area contributed by atoms with Gasteiger partial charge in [0.15, 0.2) is 0 Å². The Morgan fingerprint density at radius 3 is 2.54 bits per heavy atom. The Bertz CT molecular complexity index is 649. The van der Waals surface area contributed by atoms with Crippen molar-refractivity contribution in [2.45, 2.75) is 52.0 Å². The Kier molecular flexibility index (Phi) is 7.71. The first-order chi connectivity index (χ1) is 12.6. The Morgan fingerprint density at radius 2 is 1.92 bits per heavy atom. The third-order valence-corrected chi connectivity index (χ3v) is 5.17. The van der Waals surface area contributed by atoms with E-state index in [9.17, 15) is 4.79 Å². The van der Waals surface area contributed by atoms with E-state index in [4.69, 9.17) is 4.74 Å². The van der Waals surface area contributed by atoms with Crippen LogP contribution in [-0.4, -0.2) is 13.0 Å². The summed E-state index contributed by atoms with van der Waals surface area (Å²) in [7, 11) is 1.66. The normalized spacial score (nSPS) is 17.1. The number of hydrogen-bond acceptors (Lipinski definition) is 2. The predicted octanol–water partition coefficient (Wildman–Crippen LogP) is 5.34. The van der Waals surface area contributed by atoms with Gasteiger partial charge in [0.2, 0.25) is 5.91 Å². The molecule has 1 amide bonds. The van der Waals surface area contributed by atoms with E-state index < -0.39 is 0 Å². The fraction of sp³-hybridized carbons (Fsp3) is 0.435. The van der Waals surface area contributed by atoms with Gasteiger partial charge in [-0.1, -0.05) is 67.9 Å². The molecular formula is C23H31NO2. The molecule has 0 radical (unpaired) electrons. The molecule has 1 fully saturated rings. The van der Waals surface area contributed by atoms with Crippen molar-refractivity contribution in [3.05, 3.63) is 66.3 Å². The molecule has 0 spiro atoms. The molecule has 0 aromatic heterocycles. The van der Waals surface area contributed by atoms with E-state index in [1.807, 2.05) is 30.3 Å². The maximum Gasteiger partial charge on any atom is 0.226 e. The molecule has 3 nitrogen and oxygen atoms in total. The lowest BCUT2D eigenvalue weighted by molar-refractivity contribution is -0.133. The standard InChI is InChI=1S/C23H31NO2/c1-4-9-19(2)10-8-17-23(15-6-5-7-16-23)22(25)24-18-20-11-13-21(26-3)14-12-20/h4,8-14H,1,5-7,15-18H2,2-3H3,(H,24,25)/b10-8-,19-9-. The molecule has 0 saturated heterocycles. The Labute approximate surface area is 157 Å². The number of methoxy groups -OCH3 is 1. The molecule has 140 valence electrons. The van der Waals surface area contributed by atoms with E-state index >= 15 is 0 Å². The lowest BCUT2D eigenvalue weighted by Crippen LogP contribution is -2.41. The average molecular weight is 354 g/mol. The summed E-state index contributed by atoms with van der Waals surface area (Å²) in [4.78, 5) is 13.0. The lowest BCUT2D eigenvalue weighted by atomic mass is 9.71. The summed E-state index contributed by atoms with van der Waals surface area (Å²) >= 11 is 0. The second-order valence-electron chi connectivity index (χ2n) is 7.12. The smallest absolute Gasteiger partial charge is 0.226 e. The van der Waals surface area contributed by atoms with Gasteiger partial charge >= 0.3 is 0 Å².